The van der Waals surface area contributed by atoms with Crippen molar-refractivity contribution in [3.05, 3.63) is 36.7 Å². The van der Waals surface area contributed by atoms with Gasteiger partial charge >= 0.3 is 0 Å². The Morgan fingerprint density at radius 1 is 1.42 bits per heavy atom. The normalized spacial score (nSPS) is 16.8. The third-order valence-corrected chi connectivity index (χ3v) is 4.92. The van der Waals surface area contributed by atoms with Crippen LogP contribution in [0.1, 0.15) is 26.2 Å². The Morgan fingerprint density at radius 3 is 2.92 bits per heavy atom. The van der Waals surface area contributed by atoms with Crippen molar-refractivity contribution in [2.75, 3.05) is 18.4 Å². The van der Waals surface area contributed by atoms with Crippen LogP contribution < -0.4 is 10.6 Å². The maximum Gasteiger partial charge on any atom is 0.224 e. The Balaban J connectivity index is 1.61. The van der Waals surface area contributed by atoms with E-state index in [1.165, 1.54) is 12.8 Å². The molecule has 1 saturated heterocycles. The zero-order valence-corrected chi connectivity index (χ0v) is 14.5. The zero-order chi connectivity index (χ0) is 16.9. The van der Waals surface area contributed by atoms with Gasteiger partial charge in [-0.1, -0.05) is 19.1 Å². The minimum absolute atomic E-state index is 0.0954. The van der Waals surface area contributed by atoms with E-state index < -0.39 is 0 Å². The van der Waals surface area contributed by atoms with Crippen molar-refractivity contribution in [2.24, 2.45) is 18.9 Å². The van der Waals surface area contributed by atoms with E-state index in [1.54, 1.807) is 6.20 Å². The fourth-order valence-corrected chi connectivity index (χ4v) is 3.46. The first-order valence-electron chi connectivity index (χ1n) is 8.72. The summed E-state index contributed by atoms with van der Waals surface area (Å²) in [6, 6.07) is 7.88. The molecular formula is C19H26N4O. The Kier molecular flexibility index (Phi) is 5.30. The van der Waals surface area contributed by atoms with E-state index in [2.05, 4.69) is 22.5 Å². The second-order valence-electron chi connectivity index (χ2n) is 6.76. The minimum Gasteiger partial charge on any atom is -0.334 e. The van der Waals surface area contributed by atoms with Gasteiger partial charge in [0.1, 0.15) is 5.82 Å². The number of benzene rings is 1. The molecule has 2 N–H and O–H groups in total. The van der Waals surface area contributed by atoms with E-state index in [1.807, 2.05) is 42.1 Å². The lowest BCUT2D eigenvalue weighted by Gasteiger charge is -2.27. The molecule has 1 atom stereocenters. The smallest absolute Gasteiger partial charge is 0.224 e. The third-order valence-electron chi connectivity index (χ3n) is 4.92. The summed E-state index contributed by atoms with van der Waals surface area (Å²) in [5.41, 5.74) is 1.84. The maximum absolute atomic E-state index is 12.4. The van der Waals surface area contributed by atoms with Crippen molar-refractivity contribution in [2.45, 2.75) is 26.2 Å². The summed E-state index contributed by atoms with van der Waals surface area (Å²) < 4.78 is 1.97. The van der Waals surface area contributed by atoms with Crippen LogP contribution >= 0.6 is 0 Å². The number of nitrogens with zero attached hydrogens (tertiary/aromatic N) is 2. The number of hydrogen-bond acceptors (Lipinski definition) is 3. The molecule has 0 radical (unpaired) electrons. The van der Waals surface area contributed by atoms with Gasteiger partial charge in [0.15, 0.2) is 0 Å². The van der Waals surface area contributed by atoms with Crippen molar-refractivity contribution < 1.29 is 4.79 Å². The quantitative estimate of drug-likeness (QED) is 0.888. The van der Waals surface area contributed by atoms with E-state index in [4.69, 9.17) is 0 Å². The number of carbonyl (C=O) groups excluding carboxylic acids is 1. The first-order chi connectivity index (χ1) is 11.6. The molecule has 5 heteroatoms. The van der Waals surface area contributed by atoms with Crippen LogP contribution in [-0.2, 0) is 11.8 Å². The Labute approximate surface area is 143 Å². The molecule has 3 rings (SSSR count). The molecule has 1 aliphatic rings. The second-order valence-corrected chi connectivity index (χ2v) is 6.76. The number of anilines is 1. The number of amides is 1. The Hall–Kier alpha value is -2.14. The summed E-state index contributed by atoms with van der Waals surface area (Å²) in [7, 11) is 1.97. The molecule has 0 spiro atoms. The summed E-state index contributed by atoms with van der Waals surface area (Å²) in [6.45, 7) is 4.34. The van der Waals surface area contributed by atoms with E-state index in [9.17, 15) is 4.79 Å². The minimum atomic E-state index is 0.0954. The number of piperidine rings is 1. The van der Waals surface area contributed by atoms with Crippen molar-refractivity contribution in [3.63, 3.8) is 0 Å². The molecule has 1 aromatic heterocycles. The van der Waals surface area contributed by atoms with Gasteiger partial charge in [0.2, 0.25) is 5.91 Å². The van der Waals surface area contributed by atoms with Crippen molar-refractivity contribution in [1.82, 2.24) is 14.9 Å². The predicted molar refractivity (Wildman–Crippen MR) is 96.6 cm³/mol. The number of hydrogen-bond donors (Lipinski definition) is 2. The molecular weight excluding hydrogens is 300 g/mol. The summed E-state index contributed by atoms with van der Waals surface area (Å²) in [4.78, 5) is 16.7. The van der Waals surface area contributed by atoms with Crippen LogP contribution in [0.4, 0.5) is 5.69 Å². The molecule has 1 fully saturated rings. The predicted octanol–water partition coefficient (Wildman–Crippen LogP) is 3.05. The van der Waals surface area contributed by atoms with Gasteiger partial charge in [-0.15, -0.1) is 0 Å². The summed E-state index contributed by atoms with van der Waals surface area (Å²) >= 11 is 0. The maximum atomic E-state index is 12.4. The molecule has 128 valence electrons. The van der Waals surface area contributed by atoms with Gasteiger partial charge in [-0.25, -0.2) is 4.98 Å². The van der Waals surface area contributed by atoms with Gasteiger partial charge in [-0.2, -0.15) is 0 Å². The molecule has 24 heavy (non-hydrogen) atoms. The monoisotopic (exact) mass is 326 g/mol. The average Bonchev–Trinajstić information content (AvgIpc) is 3.02. The number of aromatic nitrogens is 2. The van der Waals surface area contributed by atoms with Gasteiger partial charge in [0.25, 0.3) is 0 Å². The van der Waals surface area contributed by atoms with Gasteiger partial charge in [-0.3, -0.25) is 4.79 Å². The fourth-order valence-electron chi connectivity index (χ4n) is 3.46. The molecule has 2 heterocycles. The van der Waals surface area contributed by atoms with Crippen molar-refractivity contribution in [1.29, 1.82) is 0 Å². The summed E-state index contributed by atoms with van der Waals surface area (Å²) in [5.74, 6) is 2.06. The number of nitrogens with one attached hydrogen (secondary N) is 2. The molecule has 0 aliphatic carbocycles. The van der Waals surface area contributed by atoms with Crippen molar-refractivity contribution >= 4 is 11.6 Å². The lowest BCUT2D eigenvalue weighted by molar-refractivity contribution is -0.117. The van der Waals surface area contributed by atoms with Gasteiger partial charge in [0.05, 0.1) is 0 Å². The first kappa shape index (κ1) is 16.7. The zero-order valence-electron chi connectivity index (χ0n) is 14.5. The molecule has 1 aliphatic heterocycles. The molecule has 5 nitrogen and oxygen atoms in total. The topological polar surface area (TPSA) is 59.0 Å². The van der Waals surface area contributed by atoms with Crippen LogP contribution in [-0.4, -0.2) is 28.5 Å². The van der Waals surface area contributed by atoms with Crippen LogP contribution in [0.5, 0.6) is 0 Å². The van der Waals surface area contributed by atoms with Crippen molar-refractivity contribution in [3.8, 4) is 11.4 Å². The lowest BCUT2D eigenvalue weighted by Crippen LogP contribution is -2.32. The van der Waals surface area contributed by atoms with Crippen LogP contribution in [0, 0.1) is 11.8 Å². The van der Waals surface area contributed by atoms with E-state index in [0.717, 1.165) is 30.2 Å². The standard InChI is InChI=1S/C19H26N4O/c1-14(15-6-8-20-9-7-15)12-18(24)22-17-5-3-4-16(13-17)19-21-10-11-23(19)2/h3-5,10-11,13-15,20H,6-9,12H2,1-2H3,(H,22,24). The van der Waals surface area contributed by atoms with E-state index in [0.29, 0.717) is 18.3 Å². The molecule has 0 bridgehead atoms. The van der Waals surface area contributed by atoms with Crippen LogP contribution in [0.3, 0.4) is 0 Å². The van der Waals surface area contributed by atoms with Gasteiger partial charge in [-0.05, 0) is 49.9 Å². The Morgan fingerprint density at radius 2 is 2.21 bits per heavy atom. The van der Waals surface area contributed by atoms with Crippen LogP contribution in [0.25, 0.3) is 11.4 Å². The van der Waals surface area contributed by atoms with Crippen LogP contribution in [0.2, 0.25) is 0 Å². The van der Waals surface area contributed by atoms with E-state index >= 15 is 0 Å². The average molecular weight is 326 g/mol. The molecule has 0 saturated carbocycles. The van der Waals surface area contributed by atoms with E-state index in [-0.39, 0.29) is 5.91 Å². The number of rotatable bonds is 5. The Bertz CT molecular complexity index is 688. The highest BCUT2D eigenvalue weighted by molar-refractivity contribution is 5.91. The highest BCUT2D eigenvalue weighted by Gasteiger charge is 2.22. The van der Waals surface area contributed by atoms with Gasteiger partial charge < -0.3 is 15.2 Å². The highest BCUT2D eigenvalue weighted by Crippen LogP contribution is 2.25. The number of carbonyl (C=O) groups is 1. The second kappa shape index (κ2) is 7.62. The van der Waals surface area contributed by atoms with Gasteiger partial charge in [0, 0.05) is 37.1 Å². The molecule has 1 aromatic carbocycles. The largest absolute Gasteiger partial charge is 0.334 e. The number of aryl methyl sites for hydroxylation is 1. The highest BCUT2D eigenvalue weighted by atomic mass is 16.1. The summed E-state index contributed by atoms with van der Waals surface area (Å²) in [6.07, 6.45) is 6.62. The SMILES string of the molecule is CC(CC(=O)Nc1cccc(-c2nccn2C)c1)C1CCNCC1. The first-order valence-corrected chi connectivity index (χ1v) is 8.72. The summed E-state index contributed by atoms with van der Waals surface area (Å²) in [5, 5.41) is 6.42. The third kappa shape index (κ3) is 4.03. The molecule has 2 aromatic rings. The molecule has 1 unspecified atom stereocenters. The number of imidazole rings is 1. The fraction of sp³-hybridized carbons (Fsp3) is 0.474. The molecule has 1 amide bonds. The van der Waals surface area contributed by atoms with Crippen LogP contribution in [0.15, 0.2) is 36.7 Å². The lowest BCUT2D eigenvalue weighted by atomic mass is 9.84.